The summed E-state index contributed by atoms with van der Waals surface area (Å²) in [6, 6.07) is 15.7. The Labute approximate surface area is 171 Å². The largest absolute Gasteiger partial charge is 0.460 e. The summed E-state index contributed by atoms with van der Waals surface area (Å²) in [6.45, 7) is 3.98. The molecule has 2 N–H and O–H groups in total. The highest BCUT2D eigenvalue weighted by atomic mass is 32.2. The molecule has 1 aliphatic rings. The van der Waals surface area contributed by atoms with Crippen molar-refractivity contribution in [3.63, 3.8) is 0 Å². The van der Waals surface area contributed by atoms with Gasteiger partial charge in [-0.2, -0.15) is 8.42 Å². The Hall–Kier alpha value is -2.26. The highest BCUT2D eigenvalue weighted by Crippen LogP contribution is 2.10. The minimum Gasteiger partial charge on any atom is -0.460 e. The average Bonchev–Trinajstić information content (AvgIpc) is 3.21. The Bertz CT molecular complexity index is 846. The number of hydrogen-bond acceptors (Lipinski definition) is 6. The molecule has 0 aliphatic carbocycles. The summed E-state index contributed by atoms with van der Waals surface area (Å²) in [4.78, 5) is 11.4. The van der Waals surface area contributed by atoms with E-state index >= 15 is 0 Å². The van der Waals surface area contributed by atoms with Crippen LogP contribution in [0.4, 0.5) is 0 Å². The molecule has 0 aromatic heterocycles. The van der Waals surface area contributed by atoms with Crippen molar-refractivity contribution in [2.24, 2.45) is 0 Å². The third kappa shape index (κ3) is 9.19. The minimum absolute atomic E-state index is 0.0666. The molecule has 0 saturated carbocycles. The van der Waals surface area contributed by atoms with E-state index in [1.165, 1.54) is 12.1 Å². The molecule has 1 unspecified atom stereocenters. The molecule has 1 aliphatic heterocycles. The number of rotatable bonds is 7. The third-order valence-electron chi connectivity index (χ3n) is 4.23. The lowest BCUT2D eigenvalue weighted by molar-refractivity contribution is -0.143. The molecular formula is C21H27NO6S. The van der Waals surface area contributed by atoms with Crippen LogP contribution in [-0.2, 0) is 31.0 Å². The summed E-state index contributed by atoms with van der Waals surface area (Å²) in [5, 5.41) is 3.06. The molecule has 0 amide bonds. The van der Waals surface area contributed by atoms with E-state index in [0.29, 0.717) is 6.61 Å². The molecule has 0 bridgehead atoms. The molecule has 1 fully saturated rings. The number of nitrogens with one attached hydrogen (secondary N) is 1. The second-order valence-corrected chi connectivity index (χ2v) is 8.12. The first kappa shape index (κ1) is 23.0. The van der Waals surface area contributed by atoms with E-state index in [2.05, 4.69) is 5.32 Å². The monoisotopic (exact) mass is 421 g/mol. The number of benzene rings is 2. The Morgan fingerprint density at radius 1 is 1.17 bits per heavy atom. The molecule has 29 heavy (non-hydrogen) atoms. The van der Waals surface area contributed by atoms with Crippen LogP contribution in [0.2, 0.25) is 0 Å². The fourth-order valence-corrected chi connectivity index (χ4v) is 3.12. The van der Waals surface area contributed by atoms with Crippen molar-refractivity contribution in [1.29, 1.82) is 0 Å². The lowest BCUT2D eigenvalue weighted by atomic mass is 10.2. The number of ether oxygens (including phenoxy) is 2. The molecule has 2 aromatic rings. The van der Waals surface area contributed by atoms with Gasteiger partial charge in [0.2, 0.25) is 0 Å². The summed E-state index contributed by atoms with van der Waals surface area (Å²) in [5.74, 6) is -0.225. The smallest absolute Gasteiger partial charge is 0.320 e. The van der Waals surface area contributed by atoms with Gasteiger partial charge in [-0.15, -0.1) is 0 Å². The Kier molecular flexibility index (Phi) is 9.27. The van der Waals surface area contributed by atoms with Crippen LogP contribution in [0.5, 0.6) is 0 Å². The zero-order valence-electron chi connectivity index (χ0n) is 16.4. The molecule has 1 heterocycles. The van der Waals surface area contributed by atoms with Crippen LogP contribution in [0, 0.1) is 6.92 Å². The van der Waals surface area contributed by atoms with E-state index < -0.39 is 10.1 Å². The van der Waals surface area contributed by atoms with Crippen molar-refractivity contribution < 1.29 is 27.2 Å². The molecule has 7 nitrogen and oxygen atoms in total. The van der Waals surface area contributed by atoms with Crippen LogP contribution in [0.3, 0.4) is 0 Å². The average molecular weight is 422 g/mol. The van der Waals surface area contributed by atoms with Gasteiger partial charge in [-0.1, -0.05) is 48.0 Å². The van der Waals surface area contributed by atoms with Crippen molar-refractivity contribution in [1.82, 2.24) is 5.32 Å². The number of carbonyl (C=O) groups excluding carboxylic acids is 1. The summed E-state index contributed by atoms with van der Waals surface area (Å²) in [6.07, 6.45) is 2.45. The number of esters is 1. The SMILES string of the molecule is Cc1ccc(S(=O)(=O)O)cc1.O=C(CNCC1CCCO1)OCc1ccccc1. The maximum Gasteiger partial charge on any atom is 0.320 e. The normalized spacial score (nSPS) is 16.0. The molecule has 0 spiro atoms. The molecule has 158 valence electrons. The Morgan fingerprint density at radius 2 is 1.86 bits per heavy atom. The van der Waals surface area contributed by atoms with Gasteiger partial charge in [-0.05, 0) is 37.5 Å². The van der Waals surface area contributed by atoms with E-state index in [1.807, 2.05) is 37.3 Å². The van der Waals surface area contributed by atoms with Crippen molar-refractivity contribution >= 4 is 16.1 Å². The molecule has 2 aromatic carbocycles. The Balaban J connectivity index is 0.000000234. The number of carbonyl (C=O) groups is 1. The maximum absolute atomic E-state index is 11.5. The maximum atomic E-state index is 11.5. The van der Waals surface area contributed by atoms with Gasteiger partial charge in [-0.25, -0.2) is 0 Å². The second kappa shape index (κ2) is 11.7. The van der Waals surface area contributed by atoms with E-state index in [9.17, 15) is 13.2 Å². The minimum atomic E-state index is -4.02. The van der Waals surface area contributed by atoms with Gasteiger partial charge >= 0.3 is 5.97 Å². The summed E-state index contributed by atoms with van der Waals surface area (Å²) in [7, 11) is -4.02. The summed E-state index contributed by atoms with van der Waals surface area (Å²) in [5.41, 5.74) is 1.96. The lowest BCUT2D eigenvalue weighted by Crippen LogP contribution is -2.31. The van der Waals surface area contributed by atoms with E-state index in [4.69, 9.17) is 14.0 Å². The highest BCUT2D eigenvalue weighted by molar-refractivity contribution is 7.85. The van der Waals surface area contributed by atoms with Crippen LogP contribution in [-0.4, -0.2) is 44.7 Å². The van der Waals surface area contributed by atoms with Crippen LogP contribution >= 0.6 is 0 Å². The fraction of sp³-hybridized carbons (Fsp3) is 0.381. The third-order valence-corrected chi connectivity index (χ3v) is 5.09. The van der Waals surface area contributed by atoms with E-state index in [0.717, 1.165) is 37.1 Å². The Morgan fingerprint density at radius 3 is 2.45 bits per heavy atom. The molecular weight excluding hydrogens is 394 g/mol. The van der Waals surface area contributed by atoms with Gasteiger partial charge < -0.3 is 14.8 Å². The van der Waals surface area contributed by atoms with Crippen molar-refractivity contribution in [2.75, 3.05) is 19.7 Å². The van der Waals surface area contributed by atoms with Crippen LogP contribution < -0.4 is 5.32 Å². The van der Waals surface area contributed by atoms with Crippen LogP contribution in [0.15, 0.2) is 59.5 Å². The molecule has 8 heteroatoms. The van der Waals surface area contributed by atoms with Crippen LogP contribution in [0.25, 0.3) is 0 Å². The number of aryl methyl sites for hydroxylation is 1. The molecule has 1 atom stereocenters. The zero-order chi connectivity index (χ0) is 21.1. The van der Waals surface area contributed by atoms with Crippen molar-refractivity contribution in [3.05, 3.63) is 65.7 Å². The highest BCUT2D eigenvalue weighted by Gasteiger charge is 2.15. The topological polar surface area (TPSA) is 102 Å². The molecule has 0 radical (unpaired) electrons. The summed E-state index contributed by atoms with van der Waals surface area (Å²) < 4.78 is 40.2. The van der Waals surface area contributed by atoms with E-state index in [1.54, 1.807) is 12.1 Å². The lowest BCUT2D eigenvalue weighted by Gasteiger charge is -2.10. The quantitative estimate of drug-likeness (QED) is 0.523. The van der Waals surface area contributed by atoms with Gasteiger partial charge in [0.05, 0.1) is 17.5 Å². The molecule has 1 saturated heterocycles. The summed E-state index contributed by atoms with van der Waals surface area (Å²) >= 11 is 0. The van der Waals surface area contributed by atoms with Gasteiger partial charge in [-0.3, -0.25) is 9.35 Å². The predicted molar refractivity (Wildman–Crippen MR) is 109 cm³/mol. The zero-order valence-corrected chi connectivity index (χ0v) is 17.2. The standard InChI is InChI=1S/C14H19NO3.C7H8O3S/c16-14(10-15-9-13-7-4-8-17-13)18-11-12-5-2-1-3-6-12;1-6-2-4-7(5-3-6)11(8,9)10/h1-3,5-6,13,15H,4,7-11H2;2-5H,1H3,(H,8,9,10). The van der Waals surface area contributed by atoms with Crippen molar-refractivity contribution in [2.45, 2.75) is 37.4 Å². The fourth-order valence-electron chi connectivity index (χ4n) is 2.64. The first-order chi connectivity index (χ1) is 13.8. The van der Waals surface area contributed by atoms with Crippen molar-refractivity contribution in [3.8, 4) is 0 Å². The van der Waals surface area contributed by atoms with Crippen LogP contribution in [0.1, 0.15) is 24.0 Å². The first-order valence-electron chi connectivity index (χ1n) is 9.40. The number of hydrogen-bond donors (Lipinski definition) is 2. The predicted octanol–water partition coefficient (Wildman–Crippen LogP) is 2.74. The van der Waals surface area contributed by atoms with Gasteiger partial charge in [0, 0.05) is 13.2 Å². The first-order valence-corrected chi connectivity index (χ1v) is 10.8. The van der Waals surface area contributed by atoms with Gasteiger partial charge in [0.15, 0.2) is 0 Å². The molecule has 3 rings (SSSR count). The van der Waals surface area contributed by atoms with E-state index in [-0.39, 0.29) is 23.5 Å². The van der Waals surface area contributed by atoms with Gasteiger partial charge in [0.1, 0.15) is 6.61 Å². The second-order valence-electron chi connectivity index (χ2n) is 6.70. The van der Waals surface area contributed by atoms with Gasteiger partial charge in [0.25, 0.3) is 10.1 Å².